The van der Waals surface area contributed by atoms with Crippen molar-refractivity contribution in [2.45, 2.75) is 13.3 Å². The molecule has 0 aliphatic heterocycles. The highest BCUT2D eigenvalue weighted by Gasteiger charge is 2.30. The van der Waals surface area contributed by atoms with Gasteiger partial charge in [-0.25, -0.2) is 0 Å². The molecule has 80 valence electrons. The second kappa shape index (κ2) is 5.15. The summed E-state index contributed by atoms with van der Waals surface area (Å²) in [7, 11) is 0. The Labute approximate surface area is 79.5 Å². The van der Waals surface area contributed by atoms with Gasteiger partial charge in [-0.1, -0.05) is 6.92 Å². The van der Waals surface area contributed by atoms with Crippen molar-refractivity contribution in [3.63, 3.8) is 0 Å². The topological polar surface area (TPSA) is 118 Å². The molecule has 2 unspecified atom stereocenters. The molecular weight excluding hydrogens is 194 g/mol. The minimum absolute atomic E-state index is 0.537. The van der Waals surface area contributed by atoms with Crippen LogP contribution in [-0.4, -0.2) is 33.6 Å². The Hall–Kier alpha value is -1.66. The van der Waals surface area contributed by atoms with E-state index in [1.165, 1.54) is 6.92 Å². The van der Waals surface area contributed by atoms with Crippen molar-refractivity contribution in [1.29, 1.82) is 0 Å². The lowest BCUT2D eigenvalue weighted by molar-refractivity contribution is -0.488. The van der Waals surface area contributed by atoms with Crippen LogP contribution in [0.25, 0.3) is 0 Å². The van der Waals surface area contributed by atoms with E-state index < -0.39 is 41.7 Å². The lowest BCUT2D eigenvalue weighted by atomic mass is 9.91. The molecule has 0 fully saturated rings. The van der Waals surface area contributed by atoms with E-state index in [0.717, 1.165) is 0 Å². The van der Waals surface area contributed by atoms with Gasteiger partial charge in [0, 0.05) is 10.8 Å². The summed E-state index contributed by atoms with van der Waals surface area (Å²) in [5.74, 6) is -4.59. The summed E-state index contributed by atoms with van der Waals surface area (Å²) in [4.78, 5) is 30.3. The summed E-state index contributed by atoms with van der Waals surface area (Å²) in [6.45, 7) is 0.814. The summed E-state index contributed by atoms with van der Waals surface area (Å²) in [5.41, 5.74) is 0. The number of aliphatic carboxylic acids is 2. The average molecular weight is 205 g/mol. The molecular formula is C7H11NO6. The molecule has 0 saturated carbocycles. The van der Waals surface area contributed by atoms with Crippen LogP contribution in [0.1, 0.15) is 13.3 Å². The smallest absolute Gasteiger partial charge is 0.307 e. The van der Waals surface area contributed by atoms with Crippen LogP contribution in [0.15, 0.2) is 0 Å². The van der Waals surface area contributed by atoms with Gasteiger partial charge in [-0.05, 0) is 0 Å². The fourth-order valence-corrected chi connectivity index (χ4v) is 1.08. The third-order valence-corrected chi connectivity index (χ3v) is 1.84. The number of rotatable bonds is 6. The monoisotopic (exact) mass is 205 g/mol. The Morgan fingerprint density at radius 2 is 1.93 bits per heavy atom. The predicted octanol–water partition coefficient (Wildman–Crippen LogP) is 0.0747. The number of hydrogen-bond donors (Lipinski definition) is 2. The van der Waals surface area contributed by atoms with Gasteiger partial charge in [0.25, 0.3) is 0 Å². The number of nitro groups is 1. The lowest BCUT2D eigenvalue weighted by Crippen LogP contribution is -2.29. The third kappa shape index (κ3) is 4.39. The molecule has 7 nitrogen and oxygen atoms in total. The molecule has 2 N–H and O–H groups in total. The van der Waals surface area contributed by atoms with Crippen molar-refractivity contribution in [3.05, 3.63) is 10.1 Å². The van der Waals surface area contributed by atoms with Crippen molar-refractivity contribution in [1.82, 2.24) is 0 Å². The maximum absolute atomic E-state index is 10.6. The van der Waals surface area contributed by atoms with E-state index in [-0.39, 0.29) is 0 Å². The zero-order valence-electron chi connectivity index (χ0n) is 7.54. The van der Waals surface area contributed by atoms with E-state index >= 15 is 0 Å². The molecule has 14 heavy (non-hydrogen) atoms. The van der Waals surface area contributed by atoms with Crippen LogP contribution >= 0.6 is 0 Å². The van der Waals surface area contributed by atoms with Gasteiger partial charge in [0.2, 0.25) is 6.54 Å². The highest BCUT2D eigenvalue weighted by molar-refractivity contribution is 5.77. The SMILES string of the molecule is CC(C[N+](=O)[O-])C(CC(=O)O)C(=O)O. The van der Waals surface area contributed by atoms with Crippen LogP contribution in [0, 0.1) is 22.0 Å². The van der Waals surface area contributed by atoms with E-state index in [1.54, 1.807) is 0 Å². The normalized spacial score (nSPS) is 14.4. The lowest BCUT2D eigenvalue weighted by Gasteiger charge is -2.14. The van der Waals surface area contributed by atoms with Gasteiger partial charge in [0.05, 0.1) is 12.3 Å². The maximum atomic E-state index is 10.6. The molecule has 0 aromatic rings. The van der Waals surface area contributed by atoms with Crippen LogP contribution < -0.4 is 0 Å². The zero-order chi connectivity index (χ0) is 11.3. The van der Waals surface area contributed by atoms with Gasteiger partial charge in [0.15, 0.2) is 0 Å². The number of nitrogens with zero attached hydrogens (tertiary/aromatic N) is 1. The van der Waals surface area contributed by atoms with Crippen molar-refractivity contribution >= 4 is 11.9 Å². The Bertz CT molecular complexity index is 251. The largest absolute Gasteiger partial charge is 0.481 e. The maximum Gasteiger partial charge on any atom is 0.307 e. The van der Waals surface area contributed by atoms with Crippen molar-refractivity contribution in [3.8, 4) is 0 Å². The standard InChI is InChI=1S/C7H11NO6/c1-4(3-8(13)14)5(7(11)12)2-6(9)10/h4-5H,2-3H2,1H3,(H,9,10)(H,11,12). The van der Waals surface area contributed by atoms with Gasteiger partial charge < -0.3 is 10.2 Å². The number of carbonyl (C=O) groups is 2. The zero-order valence-corrected chi connectivity index (χ0v) is 7.54. The van der Waals surface area contributed by atoms with E-state index in [1.807, 2.05) is 0 Å². The van der Waals surface area contributed by atoms with Gasteiger partial charge in [0.1, 0.15) is 0 Å². The van der Waals surface area contributed by atoms with E-state index in [0.29, 0.717) is 0 Å². The Morgan fingerprint density at radius 3 is 2.21 bits per heavy atom. The highest BCUT2D eigenvalue weighted by Crippen LogP contribution is 2.16. The second-order valence-corrected chi connectivity index (χ2v) is 3.04. The molecule has 0 aromatic carbocycles. The minimum atomic E-state index is -1.32. The number of hydrogen-bond acceptors (Lipinski definition) is 4. The molecule has 0 rings (SSSR count). The molecule has 0 radical (unpaired) electrons. The summed E-state index contributed by atoms with van der Waals surface area (Å²) in [6.07, 6.45) is -0.593. The molecule has 0 bridgehead atoms. The van der Waals surface area contributed by atoms with Crippen molar-refractivity contribution in [2.24, 2.45) is 11.8 Å². The predicted molar refractivity (Wildman–Crippen MR) is 44.4 cm³/mol. The molecule has 7 heteroatoms. The molecule has 0 aliphatic rings. The first-order valence-electron chi connectivity index (χ1n) is 3.91. The average Bonchev–Trinajstić information content (AvgIpc) is 1.97. The minimum Gasteiger partial charge on any atom is -0.481 e. The Morgan fingerprint density at radius 1 is 1.43 bits per heavy atom. The summed E-state index contributed by atoms with van der Waals surface area (Å²) < 4.78 is 0. The second-order valence-electron chi connectivity index (χ2n) is 3.04. The van der Waals surface area contributed by atoms with Gasteiger partial charge in [-0.2, -0.15) is 0 Å². The van der Waals surface area contributed by atoms with Gasteiger partial charge in [-0.3, -0.25) is 19.7 Å². The molecule has 2 atom stereocenters. The van der Waals surface area contributed by atoms with Crippen molar-refractivity contribution in [2.75, 3.05) is 6.54 Å². The molecule has 0 aromatic heterocycles. The number of carboxylic acids is 2. The molecule has 0 spiro atoms. The first-order chi connectivity index (χ1) is 6.34. The van der Waals surface area contributed by atoms with Crippen LogP contribution in [-0.2, 0) is 9.59 Å². The molecule has 0 heterocycles. The van der Waals surface area contributed by atoms with E-state index in [4.69, 9.17) is 10.2 Å². The highest BCUT2D eigenvalue weighted by atomic mass is 16.6. The third-order valence-electron chi connectivity index (χ3n) is 1.84. The first kappa shape index (κ1) is 12.3. The fourth-order valence-electron chi connectivity index (χ4n) is 1.08. The van der Waals surface area contributed by atoms with Crippen LogP contribution in [0.5, 0.6) is 0 Å². The summed E-state index contributed by atoms with van der Waals surface area (Å²) in [5, 5.41) is 27.1. The molecule has 0 saturated heterocycles. The van der Waals surface area contributed by atoms with Crippen molar-refractivity contribution < 1.29 is 24.7 Å². The van der Waals surface area contributed by atoms with E-state index in [2.05, 4.69) is 0 Å². The molecule has 0 amide bonds. The molecule has 0 aliphatic carbocycles. The summed E-state index contributed by atoms with van der Waals surface area (Å²) in [6, 6.07) is 0. The van der Waals surface area contributed by atoms with E-state index in [9.17, 15) is 19.7 Å². The Balaban J connectivity index is 4.40. The van der Waals surface area contributed by atoms with Crippen LogP contribution in [0.4, 0.5) is 0 Å². The number of carboxylic acid groups (broad SMARTS) is 2. The van der Waals surface area contributed by atoms with Crippen LogP contribution in [0.2, 0.25) is 0 Å². The van der Waals surface area contributed by atoms with Gasteiger partial charge in [-0.15, -0.1) is 0 Å². The summed E-state index contributed by atoms with van der Waals surface area (Å²) >= 11 is 0. The first-order valence-corrected chi connectivity index (χ1v) is 3.91. The van der Waals surface area contributed by atoms with Gasteiger partial charge >= 0.3 is 11.9 Å². The Kier molecular flexibility index (Phi) is 4.54. The fraction of sp³-hybridized carbons (Fsp3) is 0.714. The quantitative estimate of drug-likeness (QED) is 0.468. The van der Waals surface area contributed by atoms with Crippen LogP contribution in [0.3, 0.4) is 0 Å².